The van der Waals surface area contributed by atoms with Crippen molar-refractivity contribution in [3.63, 3.8) is 0 Å². The average molecular weight is 224 g/mol. The van der Waals surface area contributed by atoms with Gasteiger partial charge in [-0.15, -0.1) is 11.3 Å². The number of ether oxygens (including phenoxy) is 1. The zero-order valence-corrected chi connectivity index (χ0v) is 8.96. The lowest BCUT2D eigenvalue weighted by molar-refractivity contribution is 0.122. The van der Waals surface area contributed by atoms with Gasteiger partial charge in [0.2, 0.25) is 0 Å². The molecule has 80 valence electrons. The fourth-order valence-electron chi connectivity index (χ4n) is 1.50. The van der Waals surface area contributed by atoms with E-state index in [1.54, 1.807) is 11.3 Å². The summed E-state index contributed by atoms with van der Waals surface area (Å²) in [4.78, 5) is 1.10. The predicted octanol–water partition coefficient (Wildman–Crippen LogP) is 0.469. The van der Waals surface area contributed by atoms with Crippen LogP contribution in [0.1, 0.15) is 10.4 Å². The highest BCUT2D eigenvalue weighted by Gasteiger charge is 2.25. The molecule has 15 heavy (non-hydrogen) atoms. The summed E-state index contributed by atoms with van der Waals surface area (Å²) in [5.74, 6) is 0. The highest BCUT2D eigenvalue weighted by molar-refractivity contribution is 7.10. The van der Waals surface area contributed by atoms with E-state index in [1.807, 2.05) is 11.4 Å². The molecular formula is C10H12N2O2S. The molecule has 1 aromatic heterocycles. The molecule has 1 fully saturated rings. The quantitative estimate of drug-likeness (QED) is 0.783. The minimum atomic E-state index is -0.416. The van der Waals surface area contributed by atoms with Gasteiger partial charge in [-0.3, -0.25) is 0 Å². The standard InChI is InChI=1S/C10H12N2O2S/c11-2-7-1-8(15-6-7)3-12-9-4-14-5-10(9)13/h1,6,9-10,12-13H,3-5H2. The molecule has 0 aromatic carbocycles. The van der Waals surface area contributed by atoms with Crippen molar-refractivity contribution in [3.05, 3.63) is 21.9 Å². The molecule has 2 rings (SSSR count). The highest BCUT2D eigenvalue weighted by Crippen LogP contribution is 2.14. The molecule has 0 aliphatic carbocycles. The first-order valence-corrected chi connectivity index (χ1v) is 5.64. The fourth-order valence-corrected chi connectivity index (χ4v) is 2.26. The molecule has 0 amide bonds. The molecule has 1 aliphatic heterocycles. The lowest BCUT2D eigenvalue weighted by atomic mass is 10.2. The molecule has 1 aliphatic rings. The number of rotatable bonds is 3. The summed E-state index contributed by atoms with van der Waals surface area (Å²) in [6.45, 7) is 1.64. The first-order chi connectivity index (χ1) is 7.29. The van der Waals surface area contributed by atoms with Gasteiger partial charge in [0.1, 0.15) is 6.07 Å². The van der Waals surface area contributed by atoms with E-state index >= 15 is 0 Å². The Balaban J connectivity index is 1.85. The summed E-state index contributed by atoms with van der Waals surface area (Å²) in [5, 5.41) is 23.2. The molecule has 0 bridgehead atoms. The van der Waals surface area contributed by atoms with Crippen LogP contribution in [0.4, 0.5) is 0 Å². The zero-order chi connectivity index (χ0) is 10.7. The molecular weight excluding hydrogens is 212 g/mol. The zero-order valence-electron chi connectivity index (χ0n) is 8.14. The van der Waals surface area contributed by atoms with E-state index in [2.05, 4.69) is 11.4 Å². The summed E-state index contributed by atoms with van der Waals surface area (Å²) in [5.41, 5.74) is 0.694. The second kappa shape index (κ2) is 4.73. The van der Waals surface area contributed by atoms with Crippen molar-refractivity contribution in [2.75, 3.05) is 13.2 Å². The highest BCUT2D eigenvalue weighted by atomic mass is 32.1. The Bertz CT molecular complexity index is 372. The number of hydrogen-bond donors (Lipinski definition) is 2. The molecule has 0 spiro atoms. The molecule has 0 saturated carbocycles. The van der Waals surface area contributed by atoms with Gasteiger partial charge in [0.15, 0.2) is 0 Å². The van der Waals surface area contributed by atoms with Crippen molar-refractivity contribution in [1.82, 2.24) is 5.32 Å². The third-order valence-corrected chi connectivity index (χ3v) is 3.31. The number of hydrogen-bond acceptors (Lipinski definition) is 5. The third kappa shape index (κ3) is 2.55. The Labute approximate surface area is 92.1 Å². The first-order valence-electron chi connectivity index (χ1n) is 4.76. The van der Waals surface area contributed by atoms with Crippen LogP contribution >= 0.6 is 11.3 Å². The lowest BCUT2D eigenvalue weighted by Gasteiger charge is -2.13. The molecule has 2 unspecified atom stereocenters. The van der Waals surface area contributed by atoms with Crippen molar-refractivity contribution in [1.29, 1.82) is 5.26 Å². The smallest absolute Gasteiger partial charge is 0.100 e. The SMILES string of the molecule is N#Cc1csc(CNC2COCC2O)c1. The van der Waals surface area contributed by atoms with Gasteiger partial charge in [-0.05, 0) is 6.07 Å². The van der Waals surface area contributed by atoms with Crippen LogP contribution in [0.15, 0.2) is 11.4 Å². The van der Waals surface area contributed by atoms with E-state index in [1.165, 1.54) is 0 Å². The van der Waals surface area contributed by atoms with Crippen molar-refractivity contribution in [2.45, 2.75) is 18.7 Å². The fraction of sp³-hybridized carbons (Fsp3) is 0.500. The number of aliphatic hydroxyl groups excluding tert-OH is 1. The van der Waals surface area contributed by atoms with E-state index in [9.17, 15) is 5.11 Å². The first kappa shape index (κ1) is 10.6. The van der Waals surface area contributed by atoms with E-state index in [0.29, 0.717) is 25.3 Å². The van der Waals surface area contributed by atoms with Crippen LogP contribution < -0.4 is 5.32 Å². The van der Waals surface area contributed by atoms with E-state index in [-0.39, 0.29) is 6.04 Å². The molecule has 2 heterocycles. The van der Waals surface area contributed by atoms with Crippen LogP contribution in [-0.2, 0) is 11.3 Å². The van der Waals surface area contributed by atoms with E-state index in [0.717, 1.165) is 4.88 Å². The molecule has 4 nitrogen and oxygen atoms in total. The van der Waals surface area contributed by atoms with Crippen molar-refractivity contribution in [2.24, 2.45) is 0 Å². The average Bonchev–Trinajstić information content (AvgIpc) is 2.84. The Morgan fingerprint density at radius 1 is 1.67 bits per heavy atom. The number of nitriles is 1. The van der Waals surface area contributed by atoms with Crippen LogP contribution in [-0.4, -0.2) is 30.5 Å². The van der Waals surface area contributed by atoms with Gasteiger partial charge in [-0.25, -0.2) is 0 Å². The minimum Gasteiger partial charge on any atom is -0.389 e. The maximum atomic E-state index is 9.48. The van der Waals surface area contributed by atoms with Crippen LogP contribution in [0, 0.1) is 11.3 Å². The monoisotopic (exact) mass is 224 g/mol. The van der Waals surface area contributed by atoms with Gasteiger partial charge < -0.3 is 15.2 Å². The Kier molecular flexibility index (Phi) is 3.34. The molecule has 5 heteroatoms. The number of aliphatic hydroxyl groups is 1. The normalized spacial score (nSPS) is 25.3. The molecule has 1 saturated heterocycles. The lowest BCUT2D eigenvalue weighted by Crippen LogP contribution is -2.38. The van der Waals surface area contributed by atoms with Crippen LogP contribution in [0.2, 0.25) is 0 Å². The van der Waals surface area contributed by atoms with Crippen LogP contribution in [0.5, 0.6) is 0 Å². The number of thiophene rings is 1. The topological polar surface area (TPSA) is 65.3 Å². The minimum absolute atomic E-state index is 0.0117. The Hall–Kier alpha value is -0.930. The number of nitrogens with one attached hydrogen (secondary N) is 1. The van der Waals surface area contributed by atoms with Crippen molar-refractivity contribution < 1.29 is 9.84 Å². The number of nitrogens with zero attached hydrogens (tertiary/aromatic N) is 1. The molecule has 0 radical (unpaired) electrons. The van der Waals surface area contributed by atoms with Gasteiger partial charge >= 0.3 is 0 Å². The molecule has 1 aromatic rings. The largest absolute Gasteiger partial charge is 0.389 e. The van der Waals surface area contributed by atoms with E-state index in [4.69, 9.17) is 10.00 Å². The van der Waals surface area contributed by atoms with Gasteiger partial charge in [-0.2, -0.15) is 5.26 Å². The van der Waals surface area contributed by atoms with Gasteiger partial charge in [-0.1, -0.05) is 0 Å². The Morgan fingerprint density at radius 2 is 2.53 bits per heavy atom. The predicted molar refractivity (Wildman–Crippen MR) is 56.5 cm³/mol. The van der Waals surface area contributed by atoms with Crippen LogP contribution in [0.3, 0.4) is 0 Å². The van der Waals surface area contributed by atoms with Gasteiger partial charge in [0.05, 0.1) is 30.9 Å². The summed E-state index contributed by atoms with van der Waals surface area (Å²) < 4.78 is 5.12. The second-order valence-electron chi connectivity index (χ2n) is 3.51. The van der Waals surface area contributed by atoms with Crippen LogP contribution in [0.25, 0.3) is 0 Å². The van der Waals surface area contributed by atoms with Crippen molar-refractivity contribution in [3.8, 4) is 6.07 Å². The van der Waals surface area contributed by atoms with Gasteiger partial charge in [0, 0.05) is 16.8 Å². The summed E-state index contributed by atoms with van der Waals surface area (Å²) in [7, 11) is 0. The maximum absolute atomic E-state index is 9.48. The second-order valence-corrected chi connectivity index (χ2v) is 4.50. The summed E-state index contributed by atoms with van der Waals surface area (Å²) in [6, 6.07) is 3.97. The third-order valence-electron chi connectivity index (χ3n) is 2.37. The summed E-state index contributed by atoms with van der Waals surface area (Å²) >= 11 is 1.55. The maximum Gasteiger partial charge on any atom is 0.100 e. The van der Waals surface area contributed by atoms with Crippen molar-refractivity contribution >= 4 is 11.3 Å². The van der Waals surface area contributed by atoms with Gasteiger partial charge in [0.25, 0.3) is 0 Å². The Morgan fingerprint density at radius 3 is 3.13 bits per heavy atom. The molecule has 2 atom stereocenters. The molecule has 2 N–H and O–H groups in total. The summed E-state index contributed by atoms with van der Waals surface area (Å²) in [6.07, 6.45) is -0.416. The van der Waals surface area contributed by atoms with E-state index < -0.39 is 6.10 Å².